The smallest absolute Gasteiger partial charge is 0.224 e. The molecule has 0 atom stereocenters. The summed E-state index contributed by atoms with van der Waals surface area (Å²) >= 11 is 11.2. The summed E-state index contributed by atoms with van der Waals surface area (Å²) in [6.45, 7) is 4.36. The molecule has 1 heterocycles. The van der Waals surface area contributed by atoms with Crippen LogP contribution in [0.3, 0.4) is 0 Å². The Balaban J connectivity index is 3.27. The highest BCUT2D eigenvalue weighted by atomic mass is 35.5. The maximum absolute atomic E-state index is 13.9. The number of rotatable bonds is 1. The summed E-state index contributed by atoms with van der Waals surface area (Å²) in [4.78, 5) is 3.63. The quantitative estimate of drug-likeness (QED) is 0.671. The Morgan fingerprint density at radius 1 is 1.07 bits per heavy atom. The van der Waals surface area contributed by atoms with Crippen molar-refractivity contribution in [1.82, 2.24) is 4.98 Å². The van der Waals surface area contributed by atoms with Crippen LogP contribution in [0.4, 0.5) is 8.78 Å². The van der Waals surface area contributed by atoms with Gasteiger partial charge in [-0.1, -0.05) is 44.0 Å². The van der Waals surface area contributed by atoms with E-state index >= 15 is 0 Å². The lowest BCUT2D eigenvalue weighted by molar-refractivity contribution is -0.104. The molecule has 5 heteroatoms. The van der Waals surface area contributed by atoms with Gasteiger partial charge in [0.25, 0.3) is 5.92 Å². The van der Waals surface area contributed by atoms with E-state index in [1.54, 1.807) is 0 Å². The van der Waals surface area contributed by atoms with Gasteiger partial charge in [-0.3, -0.25) is 0 Å². The fourth-order valence-electron chi connectivity index (χ4n) is 1.08. The van der Waals surface area contributed by atoms with E-state index in [4.69, 9.17) is 23.2 Å². The molecule has 0 saturated heterocycles. The minimum Gasteiger partial charge on any atom is -0.224 e. The molecule has 0 saturated carbocycles. The molecule has 0 N–H and O–H groups in total. The van der Waals surface area contributed by atoms with Crippen LogP contribution in [0, 0.1) is 5.41 Å². The van der Waals surface area contributed by atoms with Gasteiger partial charge in [0.1, 0.15) is 10.3 Å². The minimum atomic E-state index is -3.00. The van der Waals surface area contributed by atoms with Crippen molar-refractivity contribution in [3.8, 4) is 0 Å². The summed E-state index contributed by atoms with van der Waals surface area (Å²) in [5, 5.41) is -0.0529. The lowest BCUT2D eigenvalue weighted by Crippen LogP contribution is -2.31. The molecule has 0 unspecified atom stereocenters. The largest absolute Gasteiger partial charge is 0.278 e. The van der Waals surface area contributed by atoms with E-state index in [0.29, 0.717) is 0 Å². The van der Waals surface area contributed by atoms with Crippen LogP contribution in [0.15, 0.2) is 12.1 Å². The zero-order valence-electron chi connectivity index (χ0n) is 8.61. The molecular weight excluding hydrogens is 243 g/mol. The molecule has 0 aromatic carbocycles. The average Bonchev–Trinajstić information content (AvgIpc) is 1.99. The Bertz CT molecular complexity index is 352. The van der Waals surface area contributed by atoms with Crippen LogP contribution in [-0.2, 0) is 5.92 Å². The van der Waals surface area contributed by atoms with Gasteiger partial charge in [-0.05, 0) is 12.1 Å². The van der Waals surface area contributed by atoms with Gasteiger partial charge in [-0.25, -0.2) is 13.8 Å². The summed E-state index contributed by atoms with van der Waals surface area (Å²) in [5.74, 6) is -3.00. The molecule has 1 aromatic heterocycles. The Kier molecular flexibility index (Phi) is 3.27. The normalized spacial score (nSPS) is 13.0. The molecule has 1 rings (SSSR count). The van der Waals surface area contributed by atoms with E-state index in [-0.39, 0.29) is 15.9 Å². The molecular formula is C10H11Cl2F2N. The van der Waals surface area contributed by atoms with Crippen molar-refractivity contribution in [1.29, 1.82) is 0 Å². The molecule has 0 spiro atoms. The molecule has 1 aromatic rings. The number of nitrogens with zero attached hydrogens (tertiary/aromatic N) is 1. The van der Waals surface area contributed by atoms with Crippen LogP contribution in [0.5, 0.6) is 0 Å². The van der Waals surface area contributed by atoms with Crippen LogP contribution >= 0.6 is 23.2 Å². The monoisotopic (exact) mass is 253 g/mol. The maximum atomic E-state index is 13.9. The first-order chi connectivity index (χ1) is 6.64. The van der Waals surface area contributed by atoms with Crippen molar-refractivity contribution < 1.29 is 8.78 Å². The number of hydrogen-bond donors (Lipinski definition) is 0. The van der Waals surface area contributed by atoms with Gasteiger partial charge in [0.05, 0.1) is 0 Å². The topological polar surface area (TPSA) is 12.9 Å². The van der Waals surface area contributed by atoms with Crippen molar-refractivity contribution in [3.63, 3.8) is 0 Å². The van der Waals surface area contributed by atoms with Gasteiger partial charge in [-0.15, -0.1) is 0 Å². The van der Waals surface area contributed by atoms with Crippen molar-refractivity contribution in [2.45, 2.75) is 26.7 Å². The summed E-state index contributed by atoms with van der Waals surface area (Å²) in [6.07, 6.45) is 0. The van der Waals surface area contributed by atoms with Gasteiger partial charge < -0.3 is 0 Å². The molecule has 84 valence electrons. The predicted molar refractivity (Wildman–Crippen MR) is 57.6 cm³/mol. The summed E-state index contributed by atoms with van der Waals surface area (Å²) in [6, 6.07) is 2.28. The predicted octanol–water partition coefficient (Wildman–Crippen LogP) is 4.53. The lowest BCUT2D eigenvalue weighted by atomic mass is 9.84. The van der Waals surface area contributed by atoms with Crippen molar-refractivity contribution >= 4 is 23.2 Å². The second-order valence-electron chi connectivity index (χ2n) is 4.33. The van der Waals surface area contributed by atoms with Crippen molar-refractivity contribution in [2.75, 3.05) is 0 Å². The van der Waals surface area contributed by atoms with E-state index in [2.05, 4.69) is 4.98 Å². The van der Waals surface area contributed by atoms with Gasteiger partial charge in [0.15, 0.2) is 0 Å². The lowest BCUT2D eigenvalue weighted by Gasteiger charge is -2.30. The van der Waals surface area contributed by atoms with Gasteiger partial charge >= 0.3 is 0 Å². The molecule has 1 nitrogen and oxygen atoms in total. The van der Waals surface area contributed by atoms with Crippen LogP contribution in [0.1, 0.15) is 26.3 Å². The molecule has 15 heavy (non-hydrogen) atoms. The zero-order chi connectivity index (χ0) is 11.9. The highest BCUT2D eigenvalue weighted by molar-refractivity contribution is 6.32. The first-order valence-corrected chi connectivity index (χ1v) is 5.11. The highest BCUT2D eigenvalue weighted by Crippen LogP contribution is 2.45. The summed E-state index contributed by atoms with van der Waals surface area (Å²) in [5.41, 5.74) is -1.40. The van der Waals surface area contributed by atoms with Gasteiger partial charge in [0, 0.05) is 11.0 Å². The van der Waals surface area contributed by atoms with Crippen LogP contribution in [0.2, 0.25) is 10.3 Å². The number of halogens is 4. The van der Waals surface area contributed by atoms with E-state index in [1.165, 1.54) is 20.8 Å². The molecule has 0 amide bonds. The molecule has 0 bridgehead atoms. The van der Waals surface area contributed by atoms with E-state index < -0.39 is 11.3 Å². The third-order valence-electron chi connectivity index (χ3n) is 2.07. The summed E-state index contributed by atoms with van der Waals surface area (Å²) < 4.78 is 27.8. The first kappa shape index (κ1) is 12.7. The van der Waals surface area contributed by atoms with Crippen LogP contribution in [0.25, 0.3) is 0 Å². The average molecular weight is 254 g/mol. The Morgan fingerprint density at radius 3 is 1.80 bits per heavy atom. The first-order valence-electron chi connectivity index (χ1n) is 4.36. The van der Waals surface area contributed by atoms with Gasteiger partial charge in [0.2, 0.25) is 0 Å². The Hall–Kier alpha value is -0.410. The van der Waals surface area contributed by atoms with E-state index in [0.717, 1.165) is 12.1 Å². The molecule has 0 radical (unpaired) electrons. The minimum absolute atomic E-state index is 0.0265. The number of hydrogen-bond acceptors (Lipinski definition) is 1. The Morgan fingerprint density at radius 2 is 1.47 bits per heavy atom. The highest BCUT2D eigenvalue weighted by Gasteiger charge is 2.45. The molecule has 0 aliphatic carbocycles. The zero-order valence-corrected chi connectivity index (χ0v) is 10.1. The van der Waals surface area contributed by atoms with Crippen LogP contribution in [-0.4, -0.2) is 4.98 Å². The summed E-state index contributed by atoms with van der Waals surface area (Å²) in [7, 11) is 0. The number of pyridine rings is 1. The third kappa shape index (κ3) is 2.58. The van der Waals surface area contributed by atoms with Crippen LogP contribution < -0.4 is 0 Å². The number of alkyl halides is 2. The molecule has 0 aliphatic heterocycles. The van der Waals surface area contributed by atoms with Crippen molar-refractivity contribution in [3.05, 3.63) is 28.0 Å². The van der Waals surface area contributed by atoms with E-state index in [1.807, 2.05) is 0 Å². The molecule has 0 fully saturated rings. The van der Waals surface area contributed by atoms with E-state index in [9.17, 15) is 8.78 Å². The maximum Gasteiger partial charge on any atom is 0.278 e. The molecule has 0 aliphatic rings. The fraction of sp³-hybridized carbons (Fsp3) is 0.500. The SMILES string of the molecule is CC(C)(C)C(F)(F)c1cc(Cl)nc(Cl)c1. The standard InChI is InChI=1S/C10H11Cl2F2N/c1-9(2,3)10(13,14)6-4-7(11)15-8(12)5-6/h4-5H,1-3H3. The van der Waals surface area contributed by atoms with Crippen molar-refractivity contribution in [2.24, 2.45) is 5.41 Å². The second-order valence-corrected chi connectivity index (χ2v) is 5.10. The second kappa shape index (κ2) is 3.87. The Labute approximate surface area is 97.4 Å². The fourth-order valence-corrected chi connectivity index (χ4v) is 1.54. The van der Waals surface area contributed by atoms with Gasteiger partial charge in [-0.2, -0.15) is 0 Å². The number of aromatic nitrogens is 1. The third-order valence-corrected chi connectivity index (χ3v) is 2.45.